The Labute approximate surface area is 120 Å². The van der Waals surface area contributed by atoms with Crippen molar-refractivity contribution >= 4 is 11.8 Å². The highest BCUT2D eigenvalue weighted by atomic mass is 16.2. The maximum atomic E-state index is 12.2. The van der Waals surface area contributed by atoms with Crippen LogP contribution in [-0.4, -0.2) is 11.8 Å². The fraction of sp³-hybridized carbons (Fsp3) is 0.529. The molecule has 3 nitrogen and oxygen atoms in total. The lowest BCUT2D eigenvalue weighted by molar-refractivity contribution is -0.137. The fourth-order valence-corrected chi connectivity index (χ4v) is 3.13. The van der Waals surface area contributed by atoms with Crippen LogP contribution in [0.2, 0.25) is 0 Å². The molecule has 0 spiro atoms. The molecule has 1 aromatic carbocycles. The number of hydrogen-bond acceptors (Lipinski definition) is 2. The van der Waals surface area contributed by atoms with E-state index in [-0.39, 0.29) is 23.7 Å². The third kappa shape index (κ3) is 3.09. The largest absolute Gasteiger partial charge is 0.296 e. The van der Waals surface area contributed by atoms with Gasteiger partial charge in [0, 0.05) is 18.3 Å². The molecule has 1 heterocycles. The Morgan fingerprint density at radius 3 is 2.60 bits per heavy atom. The number of rotatable bonds is 4. The smallest absolute Gasteiger partial charge is 0.230 e. The van der Waals surface area contributed by atoms with Gasteiger partial charge in [0.1, 0.15) is 0 Å². The molecule has 3 heteroatoms. The Kier molecular flexibility index (Phi) is 4.58. The van der Waals surface area contributed by atoms with Crippen molar-refractivity contribution in [1.82, 2.24) is 5.32 Å². The minimum atomic E-state index is -0.147. The van der Waals surface area contributed by atoms with E-state index < -0.39 is 0 Å². The average Bonchev–Trinajstić information content (AvgIpc) is 2.41. The predicted octanol–water partition coefficient (Wildman–Crippen LogP) is 3.04. The SMILES string of the molecule is CCc1ccccc1C1CC(=O)NC(=O)C1CC(C)C. The molecule has 1 fully saturated rings. The van der Waals surface area contributed by atoms with Gasteiger partial charge in [-0.05, 0) is 29.9 Å². The van der Waals surface area contributed by atoms with Gasteiger partial charge in [0.05, 0.1) is 0 Å². The highest BCUT2D eigenvalue weighted by Gasteiger charge is 2.37. The van der Waals surface area contributed by atoms with Crippen molar-refractivity contribution in [2.75, 3.05) is 0 Å². The zero-order valence-electron chi connectivity index (χ0n) is 12.5. The Morgan fingerprint density at radius 1 is 1.25 bits per heavy atom. The number of carbonyl (C=O) groups excluding carboxylic acids is 2. The summed E-state index contributed by atoms with van der Waals surface area (Å²) in [7, 11) is 0. The molecular formula is C17H23NO2. The van der Waals surface area contributed by atoms with Crippen LogP contribution in [0.15, 0.2) is 24.3 Å². The Hall–Kier alpha value is -1.64. The van der Waals surface area contributed by atoms with Crippen molar-refractivity contribution in [2.24, 2.45) is 11.8 Å². The van der Waals surface area contributed by atoms with Gasteiger partial charge in [0.2, 0.25) is 11.8 Å². The topological polar surface area (TPSA) is 46.2 Å². The van der Waals surface area contributed by atoms with Crippen molar-refractivity contribution in [2.45, 2.75) is 46.0 Å². The molecule has 0 bridgehead atoms. The number of aryl methyl sites for hydroxylation is 1. The number of imide groups is 1. The lowest BCUT2D eigenvalue weighted by Crippen LogP contribution is -2.45. The monoisotopic (exact) mass is 273 g/mol. The van der Waals surface area contributed by atoms with E-state index in [1.54, 1.807) is 0 Å². The summed E-state index contributed by atoms with van der Waals surface area (Å²) in [5.74, 6) is 0.113. The van der Waals surface area contributed by atoms with Crippen LogP contribution in [0.3, 0.4) is 0 Å². The summed E-state index contributed by atoms with van der Waals surface area (Å²) in [6.45, 7) is 6.35. The molecule has 2 atom stereocenters. The Morgan fingerprint density at radius 2 is 1.95 bits per heavy atom. The minimum Gasteiger partial charge on any atom is -0.296 e. The second-order valence-electron chi connectivity index (χ2n) is 6.01. The van der Waals surface area contributed by atoms with Gasteiger partial charge in [-0.25, -0.2) is 0 Å². The van der Waals surface area contributed by atoms with Crippen LogP contribution in [0.5, 0.6) is 0 Å². The summed E-state index contributed by atoms with van der Waals surface area (Å²) >= 11 is 0. The summed E-state index contributed by atoms with van der Waals surface area (Å²) < 4.78 is 0. The van der Waals surface area contributed by atoms with Crippen molar-refractivity contribution in [3.63, 3.8) is 0 Å². The number of piperidine rings is 1. The molecule has 1 aliphatic rings. The minimum absolute atomic E-state index is 0.0230. The van der Waals surface area contributed by atoms with Gasteiger partial charge in [-0.2, -0.15) is 0 Å². The molecule has 0 radical (unpaired) electrons. The van der Waals surface area contributed by atoms with Gasteiger partial charge in [-0.15, -0.1) is 0 Å². The highest BCUT2D eigenvalue weighted by Crippen LogP contribution is 2.37. The molecule has 1 aromatic rings. The standard InChI is InChI=1S/C17H23NO2/c1-4-12-7-5-6-8-13(12)14-10-16(19)18-17(20)15(14)9-11(2)3/h5-8,11,14-15H,4,9-10H2,1-3H3,(H,18,19,20). The average molecular weight is 273 g/mol. The molecule has 0 aromatic heterocycles. The Bertz CT molecular complexity index is 507. The molecule has 2 rings (SSSR count). The van der Waals surface area contributed by atoms with Crippen LogP contribution >= 0.6 is 0 Å². The van der Waals surface area contributed by atoms with E-state index in [4.69, 9.17) is 0 Å². The first-order chi connectivity index (χ1) is 9.52. The molecule has 1 aliphatic heterocycles. The van der Waals surface area contributed by atoms with Crippen LogP contribution in [0.25, 0.3) is 0 Å². The predicted molar refractivity (Wildman–Crippen MR) is 79.3 cm³/mol. The third-order valence-corrected chi connectivity index (χ3v) is 4.05. The zero-order chi connectivity index (χ0) is 14.7. The Balaban J connectivity index is 2.37. The van der Waals surface area contributed by atoms with Crippen LogP contribution in [0.1, 0.15) is 50.7 Å². The first-order valence-electron chi connectivity index (χ1n) is 7.44. The van der Waals surface area contributed by atoms with E-state index in [9.17, 15) is 9.59 Å². The van der Waals surface area contributed by atoms with Crippen LogP contribution in [0, 0.1) is 11.8 Å². The maximum absolute atomic E-state index is 12.2. The molecule has 2 unspecified atom stereocenters. The van der Waals surface area contributed by atoms with E-state index >= 15 is 0 Å². The van der Waals surface area contributed by atoms with Gasteiger partial charge >= 0.3 is 0 Å². The zero-order valence-corrected chi connectivity index (χ0v) is 12.5. The molecule has 20 heavy (non-hydrogen) atoms. The summed E-state index contributed by atoms with van der Waals surface area (Å²) in [5, 5.41) is 2.49. The van der Waals surface area contributed by atoms with Crippen molar-refractivity contribution in [3.8, 4) is 0 Å². The van der Waals surface area contributed by atoms with E-state index in [2.05, 4.69) is 38.2 Å². The lowest BCUT2D eigenvalue weighted by atomic mass is 9.75. The van der Waals surface area contributed by atoms with Crippen LogP contribution in [0.4, 0.5) is 0 Å². The van der Waals surface area contributed by atoms with E-state index in [1.165, 1.54) is 11.1 Å². The summed E-state index contributed by atoms with van der Waals surface area (Å²) in [6, 6.07) is 8.18. The quantitative estimate of drug-likeness (QED) is 0.857. The highest BCUT2D eigenvalue weighted by molar-refractivity contribution is 5.99. The normalized spacial score (nSPS) is 23.0. The molecule has 1 N–H and O–H groups in total. The number of nitrogens with one attached hydrogen (secondary N) is 1. The summed E-state index contributed by atoms with van der Waals surface area (Å²) in [6.07, 6.45) is 2.17. The first-order valence-corrected chi connectivity index (χ1v) is 7.44. The van der Waals surface area contributed by atoms with Crippen molar-refractivity contribution in [3.05, 3.63) is 35.4 Å². The second-order valence-corrected chi connectivity index (χ2v) is 6.01. The molecule has 108 valence electrons. The van der Waals surface area contributed by atoms with Crippen molar-refractivity contribution < 1.29 is 9.59 Å². The molecule has 2 amide bonds. The molecular weight excluding hydrogens is 250 g/mol. The molecule has 0 aliphatic carbocycles. The van der Waals surface area contributed by atoms with E-state index in [0.717, 1.165) is 12.8 Å². The second kappa shape index (κ2) is 6.21. The van der Waals surface area contributed by atoms with Crippen molar-refractivity contribution in [1.29, 1.82) is 0 Å². The third-order valence-electron chi connectivity index (χ3n) is 4.05. The number of benzene rings is 1. The van der Waals surface area contributed by atoms with E-state index in [1.807, 2.05) is 12.1 Å². The fourth-order valence-electron chi connectivity index (χ4n) is 3.13. The number of amides is 2. The van der Waals surface area contributed by atoms with Crippen LogP contribution in [-0.2, 0) is 16.0 Å². The summed E-state index contributed by atoms with van der Waals surface area (Å²) in [4.78, 5) is 23.9. The van der Waals surface area contributed by atoms with Crippen LogP contribution < -0.4 is 5.32 Å². The van der Waals surface area contributed by atoms with Gasteiger partial charge < -0.3 is 0 Å². The van der Waals surface area contributed by atoms with E-state index in [0.29, 0.717) is 12.3 Å². The summed E-state index contributed by atoms with van der Waals surface area (Å²) in [5.41, 5.74) is 2.41. The lowest BCUT2D eigenvalue weighted by Gasteiger charge is -2.32. The maximum Gasteiger partial charge on any atom is 0.230 e. The van der Waals surface area contributed by atoms with Gasteiger partial charge in [-0.3, -0.25) is 14.9 Å². The number of carbonyl (C=O) groups is 2. The van der Waals surface area contributed by atoms with Gasteiger partial charge in [0.15, 0.2) is 0 Å². The molecule has 1 saturated heterocycles. The van der Waals surface area contributed by atoms with Gasteiger partial charge in [-0.1, -0.05) is 45.0 Å². The number of hydrogen-bond donors (Lipinski definition) is 1. The first kappa shape index (κ1) is 14.8. The van der Waals surface area contributed by atoms with Gasteiger partial charge in [0.25, 0.3) is 0 Å². The molecule has 0 saturated carbocycles.